The highest BCUT2D eigenvalue weighted by Crippen LogP contribution is 2.21. The number of Topliss-reactive ketones (excluding diaryl/α,β-unsaturated/α-hetero) is 1. The second-order valence-corrected chi connectivity index (χ2v) is 8.90. The summed E-state index contributed by atoms with van der Waals surface area (Å²) in [5.41, 5.74) is 3.88. The van der Waals surface area contributed by atoms with Crippen molar-refractivity contribution < 1.29 is 14.3 Å². The Balaban J connectivity index is 1.55. The van der Waals surface area contributed by atoms with Gasteiger partial charge in [-0.25, -0.2) is 0 Å². The van der Waals surface area contributed by atoms with Crippen molar-refractivity contribution in [3.8, 4) is 0 Å². The third-order valence-corrected chi connectivity index (χ3v) is 6.39. The Hall–Kier alpha value is -4.39. The van der Waals surface area contributed by atoms with Gasteiger partial charge in [-0.2, -0.15) is 5.10 Å². The molecule has 0 atom stereocenters. The predicted molar refractivity (Wildman–Crippen MR) is 145 cm³/mol. The lowest BCUT2D eigenvalue weighted by molar-refractivity contribution is 0.0664. The van der Waals surface area contributed by atoms with E-state index in [-0.39, 0.29) is 11.7 Å². The second kappa shape index (κ2) is 12.5. The molecule has 1 aliphatic rings. The molecule has 3 aromatic rings. The Labute approximate surface area is 217 Å². The van der Waals surface area contributed by atoms with Crippen LogP contribution >= 0.6 is 0 Å². The van der Waals surface area contributed by atoms with Crippen LogP contribution in [0, 0.1) is 0 Å². The number of hydrogen-bond acceptors (Lipinski definition) is 6. The summed E-state index contributed by atoms with van der Waals surface area (Å²) in [7, 11) is 0. The van der Waals surface area contributed by atoms with Gasteiger partial charge in [0.1, 0.15) is 12.4 Å². The zero-order chi connectivity index (χ0) is 26.0. The van der Waals surface area contributed by atoms with Crippen LogP contribution in [-0.4, -0.2) is 53.9 Å². The maximum atomic E-state index is 13.2. The van der Waals surface area contributed by atoms with Gasteiger partial charge in [0.15, 0.2) is 5.78 Å². The Morgan fingerprint density at radius 2 is 1.35 bits per heavy atom. The molecule has 0 aromatic heterocycles. The molecule has 7 heteroatoms. The van der Waals surface area contributed by atoms with Gasteiger partial charge >= 0.3 is 0 Å². The van der Waals surface area contributed by atoms with Gasteiger partial charge in [-0.05, 0) is 24.1 Å². The molecule has 1 amide bonds. The average molecular weight is 497 g/mol. The number of allylic oxidation sites excluding steroid dienone is 2. The number of carbonyl (C=O) groups excluding carboxylic acids is 2. The number of rotatable bonds is 9. The van der Waals surface area contributed by atoms with Crippen LogP contribution in [0.25, 0.3) is 0 Å². The number of ketones is 1. The van der Waals surface area contributed by atoms with Crippen molar-refractivity contribution in [3.05, 3.63) is 119 Å². The van der Waals surface area contributed by atoms with E-state index in [2.05, 4.69) is 22.1 Å². The van der Waals surface area contributed by atoms with Gasteiger partial charge in [0.2, 0.25) is 0 Å². The highest BCUT2D eigenvalue weighted by molar-refractivity contribution is 6.07. The fourth-order valence-electron chi connectivity index (χ4n) is 4.44. The van der Waals surface area contributed by atoms with Crippen molar-refractivity contribution in [1.29, 1.82) is 0 Å². The molecule has 0 radical (unpaired) electrons. The first-order valence-electron chi connectivity index (χ1n) is 12.4. The second-order valence-electron chi connectivity index (χ2n) is 8.90. The Bertz CT molecular complexity index is 1260. The number of nitrogens with two attached hydrogens (primary N) is 1. The molecule has 0 saturated carbocycles. The standard InChI is InChI=1S/C30H32N4O3/c1-23(35)26-14-8-9-15-27(26)30(36)34-18-16-33(17-19-34)28(21-32-31)29(20-24-10-4-2-5-11-24)37-22-25-12-6-3-7-13-25/h2-15,21H,16-20,22,31H2,1H3/b29-28-,32-21-. The molecule has 1 saturated heterocycles. The van der Waals surface area contributed by atoms with E-state index in [0.29, 0.717) is 50.3 Å². The number of hydrazone groups is 1. The third kappa shape index (κ3) is 6.64. The lowest BCUT2D eigenvalue weighted by Gasteiger charge is -2.37. The fourth-order valence-corrected chi connectivity index (χ4v) is 4.44. The molecule has 4 rings (SSSR count). The Morgan fingerprint density at radius 3 is 1.95 bits per heavy atom. The lowest BCUT2D eigenvalue weighted by atomic mass is 10.0. The van der Waals surface area contributed by atoms with Gasteiger partial charge in [-0.15, -0.1) is 0 Å². The number of hydrogen-bond donors (Lipinski definition) is 1. The zero-order valence-electron chi connectivity index (χ0n) is 21.0. The molecule has 0 aliphatic carbocycles. The van der Waals surface area contributed by atoms with Gasteiger partial charge in [0.05, 0.1) is 17.5 Å². The SMILES string of the molecule is CC(=O)c1ccccc1C(=O)N1CCN(C(/C=N\N)=C(/Cc2ccccc2)OCc2ccccc2)CC1. The Kier molecular flexibility index (Phi) is 8.70. The minimum Gasteiger partial charge on any atom is -0.491 e. The number of amides is 1. The van der Waals surface area contributed by atoms with E-state index in [1.807, 2.05) is 48.5 Å². The van der Waals surface area contributed by atoms with Crippen molar-refractivity contribution in [3.63, 3.8) is 0 Å². The molecule has 37 heavy (non-hydrogen) atoms. The first-order valence-corrected chi connectivity index (χ1v) is 12.4. The number of benzene rings is 3. The predicted octanol–water partition coefficient (Wildman–Crippen LogP) is 4.26. The van der Waals surface area contributed by atoms with Crippen LogP contribution in [0.3, 0.4) is 0 Å². The van der Waals surface area contributed by atoms with Crippen LogP contribution in [0.5, 0.6) is 0 Å². The van der Waals surface area contributed by atoms with E-state index in [1.54, 1.807) is 35.4 Å². The quantitative estimate of drug-likeness (QED) is 0.157. The first-order chi connectivity index (χ1) is 18.1. The normalized spacial score (nSPS) is 14.4. The third-order valence-electron chi connectivity index (χ3n) is 6.39. The van der Waals surface area contributed by atoms with Crippen LogP contribution in [0.15, 0.2) is 101 Å². The summed E-state index contributed by atoms with van der Waals surface area (Å²) >= 11 is 0. The highest BCUT2D eigenvalue weighted by atomic mass is 16.5. The van der Waals surface area contributed by atoms with E-state index in [9.17, 15) is 9.59 Å². The number of nitrogens with zero attached hydrogens (tertiary/aromatic N) is 3. The summed E-state index contributed by atoms with van der Waals surface area (Å²) in [5, 5.41) is 3.84. The molecule has 190 valence electrons. The van der Waals surface area contributed by atoms with Crippen LogP contribution < -0.4 is 5.84 Å². The minimum absolute atomic E-state index is 0.118. The lowest BCUT2D eigenvalue weighted by Crippen LogP contribution is -2.49. The minimum atomic E-state index is -0.131. The highest BCUT2D eigenvalue weighted by Gasteiger charge is 2.26. The molecule has 1 heterocycles. The summed E-state index contributed by atoms with van der Waals surface area (Å²) < 4.78 is 6.36. The molecule has 1 fully saturated rings. The van der Waals surface area contributed by atoms with Crippen LogP contribution in [0.2, 0.25) is 0 Å². The smallest absolute Gasteiger partial charge is 0.254 e. The van der Waals surface area contributed by atoms with Gasteiger partial charge in [0.25, 0.3) is 5.91 Å². The van der Waals surface area contributed by atoms with E-state index in [0.717, 1.165) is 22.6 Å². The van der Waals surface area contributed by atoms with Crippen LogP contribution in [0.4, 0.5) is 0 Å². The zero-order valence-corrected chi connectivity index (χ0v) is 21.0. The van der Waals surface area contributed by atoms with Crippen molar-refractivity contribution in [2.24, 2.45) is 10.9 Å². The number of piperazine rings is 1. The van der Waals surface area contributed by atoms with Crippen LogP contribution in [-0.2, 0) is 17.8 Å². The first kappa shape index (κ1) is 25.7. The van der Waals surface area contributed by atoms with Gasteiger partial charge in [-0.1, -0.05) is 78.9 Å². The topological polar surface area (TPSA) is 88.2 Å². The maximum absolute atomic E-state index is 13.2. The molecule has 0 spiro atoms. The molecule has 7 nitrogen and oxygen atoms in total. The molecular weight excluding hydrogens is 464 g/mol. The van der Waals surface area contributed by atoms with Crippen molar-refractivity contribution in [2.45, 2.75) is 20.0 Å². The fraction of sp³-hybridized carbons (Fsp3) is 0.233. The molecule has 2 N–H and O–H groups in total. The van der Waals surface area contributed by atoms with E-state index >= 15 is 0 Å². The van der Waals surface area contributed by atoms with Crippen LogP contribution in [0.1, 0.15) is 38.8 Å². The monoisotopic (exact) mass is 496 g/mol. The maximum Gasteiger partial charge on any atom is 0.254 e. The molecule has 0 unspecified atom stereocenters. The van der Waals surface area contributed by atoms with Gasteiger partial charge < -0.3 is 20.4 Å². The molecule has 0 bridgehead atoms. The van der Waals surface area contributed by atoms with Gasteiger partial charge in [-0.3, -0.25) is 9.59 Å². The molecule has 1 aliphatic heterocycles. The summed E-state index contributed by atoms with van der Waals surface area (Å²) in [6.45, 7) is 4.08. The number of ether oxygens (including phenoxy) is 1. The van der Waals surface area contributed by atoms with Crippen molar-refractivity contribution in [2.75, 3.05) is 26.2 Å². The van der Waals surface area contributed by atoms with E-state index in [1.165, 1.54) is 6.92 Å². The summed E-state index contributed by atoms with van der Waals surface area (Å²) in [6, 6.07) is 27.1. The summed E-state index contributed by atoms with van der Waals surface area (Å²) in [5.74, 6) is 6.15. The molecule has 3 aromatic carbocycles. The Morgan fingerprint density at radius 1 is 0.811 bits per heavy atom. The summed E-state index contributed by atoms with van der Waals surface area (Å²) in [6.07, 6.45) is 2.21. The molecular formula is C30H32N4O3. The van der Waals surface area contributed by atoms with Crippen molar-refractivity contribution in [1.82, 2.24) is 9.80 Å². The summed E-state index contributed by atoms with van der Waals surface area (Å²) in [4.78, 5) is 29.2. The average Bonchev–Trinajstić information content (AvgIpc) is 2.95. The van der Waals surface area contributed by atoms with E-state index < -0.39 is 0 Å². The number of carbonyl (C=O) groups is 2. The largest absolute Gasteiger partial charge is 0.491 e. The van der Waals surface area contributed by atoms with E-state index in [4.69, 9.17) is 10.6 Å². The van der Waals surface area contributed by atoms with Crippen molar-refractivity contribution >= 4 is 17.9 Å². The van der Waals surface area contributed by atoms with Gasteiger partial charge in [0, 0.05) is 38.2 Å².